The molecule has 5 rings (SSSR count). The first-order valence-electron chi connectivity index (χ1n) is 15.4. The minimum Gasteiger partial charge on any atom is -0.462 e. The zero-order valence-electron chi connectivity index (χ0n) is 26.2. The van der Waals surface area contributed by atoms with E-state index in [1.54, 1.807) is 9.80 Å². The minimum absolute atomic E-state index is 0.161. The Morgan fingerprint density at radius 2 is 1.84 bits per heavy atom. The monoisotopic (exact) mass is 605 g/mol. The average molecular weight is 606 g/mol. The lowest BCUT2D eigenvalue weighted by Gasteiger charge is -2.41. The van der Waals surface area contributed by atoms with Crippen molar-refractivity contribution >= 4 is 18.0 Å². The van der Waals surface area contributed by atoms with Crippen molar-refractivity contribution in [3.63, 3.8) is 0 Å². The highest BCUT2D eigenvalue weighted by Gasteiger charge is 2.36. The molecule has 2 unspecified atom stereocenters. The molecule has 2 aromatic rings. The second-order valence-corrected chi connectivity index (χ2v) is 12.7. The van der Waals surface area contributed by atoms with Crippen molar-refractivity contribution in [3.05, 3.63) is 47.2 Å². The van der Waals surface area contributed by atoms with Crippen LogP contribution in [-0.4, -0.2) is 101 Å². The quantitative estimate of drug-likeness (QED) is 0.458. The number of amides is 2. The van der Waals surface area contributed by atoms with E-state index >= 15 is 0 Å². The van der Waals surface area contributed by atoms with Crippen molar-refractivity contribution in [2.45, 2.75) is 77.3 Å². The molecule has 12 nitrogen and oxygen atoms in total. The SMILES string of the molecule is CN1CCCC1COc1nc2c(c(N3CCN(C(=O)OCc4ccccc4)C(CC#N)C3)n1)CCN(C(=O)OC(C)(C)C)C2. The smallest absolute Gasteiger partial charge is 0.410 e. The largest absolute Gasteiger partial charge is 0.462 e. The van der Waals surface area contributed by atoms with Crippen LogP contribution in [0.4, 0.5) is 15.4 Å². The Labute approximate surface area is 259 Å². The molecule has 2 fully saturated rings. The first kappa shape index (κ1) is 31.3. The molecule has 0 radical (unpaired) electrons. The Hall–Kier alpha value is -4.11. The minimum atomic E-state index is -0.604. The molecule has 2 atom stereocenters. The van der Waals surface area contributed by atoms with Crippen molar-refractivity contribution in [2.75, 3.05) is 51.3 Å². The predicted molar refractivity (Wildman–Crippen MR) is 163 cm³/mol. The molecule has 12 heteroatoms. The molecule has 2 saturated heterocycles. The van der Waals surface area contributed by atoms with Gasteiger partial charge in [-0.25, -0.2) is 9.59 Å². The molecule has 3 aliphatic rings. The number of nitriles is 1. The maximum Gasteiger partial charge on any atom is 0.410 e. The van der Waals surface area contributed by atoms with E-state index in [-0.39, 0.29) is 37.7 Å². The van der Waals surface area contributed by atoms with Crippen LogP contribution in [0, 0.1) is 11.3 Å². The number of hydrogen-bond acceptors (Lipinski definition) is 10. The van der Waals surface area contributed by atoms with E-state index in [9.17, 15) is 14.9 Å². The molecule has 1 aromatic heterocycles. The second-order valence-electron chi connectivity index (χ2n) is 12.7. The number of likely N-dealkylation sites (tertiary alicyclic amines) is 1. The lowest BCUT2D eigenvalue weighted by atomic mass is 10.0. The highest BCUT2D eigenvalue weighted by atomic mass is 16.6. The van der Waals surface area contributed by atoms with Crippen LogP contribution in [0.25, 0.3) is 0 Å². The molecular weight excluding hydrogens is 562 g/mol. The van der Waals surface area contributed by atoms with Crippen LogP contribution in [0.2, 0.25) is 0 Å². The van der Waals surface area contributed by atoms with Crippen LogP contribution < -0.4 is 9.64 Å². The van der Waals surface area contributed by atoms with Gasteiger partial charge in [0.15, 0.2) is 0 Å². The standard InChI is InChI=1S/C32H43N7O5/c1-32(2,3)44-30(40)38-16-13-26-27(20-38)34-29(42-22-25-11-8-15-36(25)4)35-28(26)37-17-18-39(24(19-37)12-14-33)31(41)43-21-23-9-6-5-7-10-23/h5-7,9-10,24-25H,8,11-13,15-22H2,1-4H3. The summed E-state index contributed by atoms with van der Waals surface area (Å²) in [6.45, 7) is 9.29. The van der Waals surface area contributed by atoms with Crippen molar-refractivity contribution < 1.29 is 23.8 Å². The number of fused-ring (bicyclic) bond motifs is 1. The first-order valence-corrected chi connectivity index (χ1v) is 15.4. The van der Waals surface area contributed by atoms with E-state index in [1.807, 2.05) is 51.1 Å². The molecule has 236 valence electrons. The van der Waals surface area contributed by atoms with Crippen LogP contribution in [0.3, 0.4) is 0 Å². The van der Waals surface area contributed by atoms with E-state index in [0.717, 1.165) is 42.0 Å². The van der Waals surface area contributed by atoms with Gasteiger partial charge in [0.05, 0.1) is 30.8 Å². The number of likely N-dealkylation sites (N-methyl/N-ethyl adjacent to an activating group) is 1. The molecular formula is C32H43N7O5. The lowest BCUT2D eigenvalue weighted by molar-refractivity contribution is 0.0220. The molecule has 1 aromatic carbocycles. The van der Waals surface area contributed by atoms with Crippen molar-refractivity contribution in [3.8, 4) is 12.1 Å². The Morgan fingerprint density at radius 1 is 1.05 bits per heavy atom. The number of carbonyl (C=O) groups excluding carboxylic acids is 2. The number of anilines is 1. The van der Waals surface area contributed by atoms with Gasteiger partial charge in [-0.15, -0.1) is 0 Å². The second kappa shape index (κ2) is 13.7. The summed E-state index contributed by atoms with van der Waals surface area (Å²) in [7, 11) is 2.10. The normalized spacial score (nSPS) is 20.6. The first-order chi connectivity index (χ1) is 21.1. The van der Waals surface area contributed by atoms with Gasteiger partial charge in [0.25, 0.3) is 0 Å². The summed E-state index contributed by atoms with van der Waals surface area (Å²) in [6.07, 6.45) is 2.08. The molecule has 0 bridgehead atoms. The zero-order chi connectivity index (χ0) is 31.3. The Kier molecular flexibility index (Phi) is 9.74. The van der Waals surface area contributed by atoms with Crippen molar-refractivity contribution in [1.82, 2.24) is 24.7 Å². The number of hydrogen-bond donors (Lipinski definition) is 0. The van der Waals surface area contributed by atoms with Crippen LogP contribution in [0.5, 0.6) is 6.01 Å². The molecule has 0 saturated carbocycles. The van der Waals surface area contributed by atoms with Gasteiger partial charge in [0.1, 0.15) is 24.6 Å². The highest BCUT2D eigenvalue weighted by Crippen LogP contribution is 2.31. The molecule has 0 N–H and O–H groups in total. The number of benzene rings is 1. The van der Waals surface area contributed by atoms with Gasteiger partial charge in [-0.1, -0.05) is 30.3 Å². The van der Waals surface area contributed by atoms with Crippen molar-refractivity contribution in [1.29, 1.82) is 5.26 Å². The van der Waals surface area contributed by atoms with Crippen LogP contribution in [0.15, 0.2) is 30.3 Å². The van der Waals surface area contributed by atoms with Gasteiger partial charge >= 0.3 is 18.2 Å². The predicted octanol–water partition coefficient (Wildman–Crippen LogP) is 3.98. The summed E-state index contributed by atoms with van der Waals surface area (Å²) >= 11 is 0. The fourth-order valence-corrected chi connectivity index (χ4v) is 5.93. The summed E-state index contributed by atoms with van der Waals surface area (Å²) in [5.41, 5.74) is 1.98. The number of carbonyl (C=O) groups is 2. The van der Waals surface area contributed by atoms with Gasteiger partial charge in [-0.2, -0.15) is 15.2 Å². The fraction of sp³-hybridized carbons (Fsp3) is 0.594. The van der Waals surface area contributed by atoms with Crippen LogP contribution >= 0.6 is 0 Å². The third-order valence-electron chi connectivity index (χ3n) is 8.30. The Bertz CT molecular complexity index is 1360. The summed E-state index contributed by atoms with van der Waals surface area (Å²) in [5, 5.41) is 9.63. The summed E-state index contributed by atoms with van der Waals surface area (Å²) < 4.78 is 17.4. The van der Waals surface area contributed by atoms with Crippen LogP contribution in [0.1, 0.15) is 56.9 Å². The summed E-state index contributed by atoms with van der Waals surface area (Å²) in [4.78, 5) is 43.4. The molecule has 0 aliphatic carbocycles. The molecule has 44 heavy (non-hydrogen) atoms. The summed E-state index contributed by atoms with van der Waals surface area (Å²) in [5.74, 6) is 0.730. The number of piperazine rings is 1. The van der Waals surface area contributed by atoms with Crippen molar-refractivity contribution in [2.24, 2.45) is 0 Å². The average Bonchev–Trinajstić information content (AvgIpc) is 3.42. The van der Waals surface area contributed by atoms with Gasteiger partial charge < -0.3 is 33.8 Å². The van der Waals surface area contributed by atoms with Gasteiger partial charge in [-0.05, 0) is 59.2 Å². The molecule has 4 heterocycles. The maximum atomic E-state index is 13.1. The van der Waals surface area contributed by atoms with Gasteiger partial charge in [-0.3, -0.25) is 0 Å². The van der Waals surface area contributed by atoms with E-state index in [2.05, 4.69) is 22.9 Å². The van der Waals surface area contributed by atoms with Gasteiger partial charge in [0, 0.05) is 37.8 Å². The Morgan fingerprint density at radius 3 is 2.55 bits per heavy atom. The van der Waals surface area contributed by atoms with E-state index in [4.69, 9.17) is 24.2 Å². The number of rotatable bonds is 7. The van der Waals surface area contributed by atoms with Crippen LogP contribution in [-0.2, 0) is 29.0 Å². The number of ether oxygens (including phenoxy) is 3. The lowest BCUT2D eigenvalue weighted by Crippen LogP contribution is -2.56. The highest BCUT2D eigenvalue weighted by molar-refractivity contribution is 5.70. The molecule has 0 spiro atoms. The van der Waals surface area contributed by atoms with E-state index in [0.29, 0.717) is 45.2 Å². The number of aromatic nitrogens is 2. The third-order valence-corrected chi connectivity index (χ3v) is 8.30. The van der Waals surface area contributed by atoms with Gasteiger partial charge in [0.2, 0.25) is 0 Å². The van der Waals surface area contributed by atoms with E-state index in [1.165, 1.54) is 0 Å². The Balaban J connectivity index is 1.35. The molecule has 3 aliphatic heterocycles. The third kappa shape index (κ3) is 7.69. The topological polar surface area (TPSA) is 124 Å². The fourth-order valence-electron chi connectivity index (χ4n) is 5.93. The maximum absolute atomic E-state index is 13.1. The number of nitrogens with zero attached hydrogens (tertiary/aromatic N) is 7. The molecule has 2 amide bonds. The van der Waals surface area contributed by atoms with E-state index < -0.39 is 11.7 Å². The zero-order valence-corrected chi connectivity index (χ0v) is 26.2. The summed E-state index contributed by atoms with van der Waals surface area (Å²) in [6, 6.07) is 12.0.